The summed E-state index contributed by atoms with van der Waals surface area (Å²) >= 11 is 0. The normalized spacial score (nSPS) is 18.0. The fourth-order valence-corrected chi connectivity index (χ4v) is 2.11. The molecule has 1 aromatic carbocycles. The molecule has 0 atom stereocenters. The van der Waals surface area contributed by atoms with E-state index in [0.717, 1.165) is 0 Å². The number of nitrogens with zero attached hydrogens (tertiary/aromatic N) is 1. The highest BCUT2D eigenvalue weighted by Gasteiger charge is 2.42. The third-order valence-electron chi connectivity index (χ3n) is 2.90. The molecule has 1 aromatic rings. The second-order valence-corrected chi connectivity index (χ2v) is 6.10. The first-order valence-electron chi connectivity index (χ1n) is 6.20. The Labute approximate surface area is 112 Å². The molecule has 0 unspecified atom stereocenters. The summed E-state index contributed by atoms with van der Waals surface area (Å²) in [6.45, 7) is 7.33. The SMILES string of the molecule is CC(C)(N)CN1C(=O)C(C)(C)Oc2ccc(F)cc21. The molecule has 2 rings (SSSR count). The Morgan fingerprint density at radius 2 is 2.05 bits per heavy atom. The van der Waals surface area contributed by atoms with Crippen molar-refractivity contribution in [2.24, 2.45) is 5.73 Å². The second-order valence-electron chi connectivity index (χ2n) is 6.10. The Bertz CT molecular complexity index is 521. The van der Waals surface area contributed by atoms with Gasteiger partial charge < -0.3 is 15.4 Å². The molecule has 104 valence electrons. The van der Waals surface area contributed by atoms with Gasteiger partial charge in [-0.15, -0.1) is 0 Å². The van der Waals surface area contributed by atoms with E-state index in [1.807, 2.05) is 13.8 Å². The summed E-state index contributed by atoms with van der Waals surface area (Å²) < 4.78 is 19.0. The molecule has 0 spiro atoms. The van der Waals surface area contributed by atoms with Crippen molar-refractivity contribution in [3.8, 4) is 5.75 Å². The maximum atomic E-state index is 13.4. The molecule has 1 aliphatic heterocycles. The number of halogens is 1. The number of ether oxygens (including phenoxy) is 1. The molecule has 1 amide bonds. The third-order valence-corrected chi connectivity index (χ3v) is 2.90. The van der Waals surface area contributed by atoms with Gasteiger partial charge in [0.1, 0.15) is 11.6 Å². The second kappa shape index (κ2) is 4.20. The number of anilines is 1. The van der Waals surface area contributed by atoms with Crippen LogP contribution in [0.3, 0.4) is 0 Å². The number of rotatable bonds is 2. The van der Waals surface area contributed by atoms with Crippen molar-refractivity contribution < 1.29 is 13.9 Å². The van der Waals surface area contributed by atoms with Gasteiger partial charge in [-0.1, -0.05) is 0 Å². The molecular formula is C14H19FN2O2. The zero-order valence-electron chi connectivity index (χ0n) is 11.7. The van der Waals surface area contributed by atoms with Gasteiger partial charge in [0, 0.05) is 18.2 Å². The van der Waals surface area contributed by atoms with Gasteiger partial charge in [0.2, 0.25) is 0 Å². The van der Waals surface area contributed by atoms with Crippen LogP contribution in [-0.4, -0.2) is 23.6 Å². The minimum Gasteiger partial charge on any atom is -0.476 e. The minimum absolute atomic E-state index is 0.218. The highest BCUT2D eigenvalue weighted by molar-refractivity contribution is 6.02. The van der Waals surface area contributed by atoms with Gasteiger partial charge in [0.05, 0.1) is 5.69 Å². The molecule has 0 fully saturated rings. The van der Waals surface area contributed by atoms with Crippen LogP contribution in [0.25, 0.3) is 0 Å². The summed E-state index contributed by atoms with van der Waals surface area (Å²) in [6.07, 6.45) is 0. The first-order valence-corrected chi connectivity index (χ1v) is 6.20. The maximum Gasteiger partial charge on any atom is 0.270 e. The number of carbonyl (C=O) groups is 1. The zero-order valence-corrected chi connectivity index (χ0v) is 11.7. The maximum absolute atomic E-state index is 13.4. The number of amides is 1. The summed E-state index contributed by atoms with van der Waals surface area (Å²) in [6, 6.07) is 4.15. The molecule has 0 aliphatic carbocycles. The Hall–Kier alpha value is -1.62. The van der Waals surface area contributed by atoms with Crippen LogP contribution in [0.5, 0.6) is 5.75 Å². The van der Waals surface area contributed by atoms with E-state index in [1.54, 1.807) is 13.8 Å². The summed E-state index contributed by atoms with van der Waals surface area (Å²) in [7, 11) is 0. The van der Waals surface area contributed by atoms with E-state index in [1.165, 1.54) is 23.1 Å². The molecule has 0 radical (unpaired) electrons. The summed E-state index contributed by atoms with van der Waals surface area (Å²) in [4.78, 5) is 13.9. The number of hydrogen-bond acceptors (Lipinski definition) is 3. The van der Waals surface area contributed by atoms with Crippen molar-refractivity contribution >= 4 is 11.6 Å². The molecule has 2 N–H and O–H groups in total. The number of carbonyl (C=O) groups excluding carboxylic acids is 1. The van der Waals surface area contributed by atoms with Crippen LogP contribution in [-0.2, 0) is 4.79 Å². The molecule has 0 saturated heterocycles. The lowest BCUT2D eigenvalue weighted by atomic mass is 10.00. The Balaban J connectivity index is 2.51. The first kappa shape index (κ1) is 13.8. The fraction of sp³-hybridized carbons (Fsp3) is 0.500. The third kappa shape index (κ3) is 2.71. The van der Waals surface area contributed by atoms with Crippen LogP contribution in [0.1, 0.15) is 27.7 Å². The van der Waals surface area contributed by atoms with Crippen molar-refractivity contribution in [3.05, 3.63) is 24.0 Å². The Kier molecular flexibility index (Phi) is 3.05. The molecule has 19 heavy (non-hydrogen) atoms. The first-order chi connectivity index (χ1) is 8.60. The van der Waals surface area contributed by atoms with Crippen LogP contribution < -0.4 is 15.4 Å². The minimum atomic E-state index is -0.976. The lowest BCUT2D eigenvalue weighted by Gasteiger charge is -2.41. The molecule has 5 heteroatoms. The molecule has 0 saturated carbocycles. The monoisotopic (exact) mass is 266 g/mol. The number of hydrogen-bond donors (Lipinski definition) is 1. The fourth-order valence-electron chi connectivity index (χ4n) is 2.11. The van der Waals surface area contributed by atoms with Crippen LogP contribution in [0.4, 0.5) is 10.1 Å². The average molecular weight is 266 g/mol. The zero-order chi connectivity index (χ0) is 14.4. The number of nitrogens with two attached hydrogens (primary N) is 1. The predicted molar refractivity (Wildman–Crippen MR) is 71.7 cm³/mol. The van der Waals surface area contributed by atoms with Gasteiger partial charge >= 0.3 is 0 Å². The molecule has 4 nitrogen and oxygen atoms in total. The quantitative estimate of drug-likeness (QED) is 0.891. The summed E-state index contributed by atoms with van der Waals surface area (Å²) in [5.74, 6) is -0.131. The molecular weight excluding hydrogens is 247 g/mol. The average Bonchev–Trinajstić information content (AvgIpc) is 2.24. The van der Waals surface area contributed by atoms with Crippen LogP contribution in [0, 0.1) is 5.82 Å². The van der Waals surface area contributed by atoms with E-state index >= 15 is 0 Å². The predicted octanol–water partition coefficient (Wildman–Crippen LogP) is 2.07. The van der Waals surface area contributed by atoms with Crippen LogP contribution >= 0.6 is 0 Å². The van der Waals surface area contributed by atoms with E-state index in [0.29, 0.717) is 18.0 Å². The Morgan fingerprint density at radius 1 is 1.42 bits per heavy atom. The lowest BCUT2D eigenvalue weighted by molar-refractivity contribution is -0.132. The van der Waals surface area contributed by atoms with E-state index in [4.69, 9.17) is 10.5 Å². The van der Waals surface area contributed by atoms with Gasteiger partial charge in [-0.3, -0.25) is 4.79 Å². The van der Waals surface area contributed by atoms with Gasteiger partial charge in [0.25, 0.3) is 5.91 Å². The summed E-state index contributed by atoms with van der Waals surface area (Å²) in [5, 5.41) is 0. The van der Waals surface area contributed by atoms with Gasteiger partial charge in [0.15, 0.2) is 5.60 Å². The molecule has 1 aliphatic rings. The van der Waals surface area contributed by atoms with Gasteiger partial charge in [-0.2, -0.15) is 0 Å². The van der Waals surface area contributed by atoms with Crippen molar-refractivity contribution in [2.75, 3.05) is 11.4 Å². The summed E-state index contributed by atoms with van der Waals surface area (Å²) in [5.41, 5.74) is 4.86. The number of fused-ring (bicyclic) bond motifs is 1. The van der Waals surface area contributed by atoms with E-state index in [9.17, 15) is 9.18 Å². The van der Waals surface area contributed by atoms with Crippen LogP contribution in [0.2, 0.25) is 0 Å². The van der Waals surface area contributed by atoms with Gasteiger partial charge in [-0.25, -0.2) is 4.39 Å². The smallest absolute Gasteiger partial charge is 0.270 e. The Morgan fingerprint density at radius 3 is 2.63 bits per heavy atom. The van der Waals surface area contributed by atoms with Crippen molar-refractivity contribution in [3.63, 3.8) is 0 Å². The van der Waals surface area contributed by atoms with E-state index in [2.05, 4.69) is 0 Å². The van der Waals surface area contributed by atoms with Crippen LogP contribution in [0.15, 0.2) is 18.2 Å². The molecule has 0 bridgehead atoms. The largest absolute Gasteiger partial charge is 0.476 e. The topological polar surface area (TPSA) is 55.6 Å². The standard InChI is InChI=1S/C14H19FN2O2/c1-13(2,16)8-17-10-7-9(15)5-6-11(10)19-14(3,4)12(17)18/h5-7H,8,16H2,1-4H3. The van der Waals surface area contributed by atoms with Crippen molar-refractivity contribution in [1.29, 1.82) is 0 Å². The molecule has 1 heterocycles. The van der Waals surface area contributed by atoms with Crippen molar-refractivity contribution in [2.45, 2.75) is 38.8 Å². The lowest BCUT2D eigenvalue weighted by Crippen LogP contribution is -2.57. The number of benzene rings is 1. The van der Waals surface area contributed by atoms with E-state index < -0.39 is 17.0 Å². The highest BCUT2D eigenvalue weighted by atomic mass is 19.1. The van der Waals surface area contributed by atoms with Gasteiger partial charge in [-0.05, 0) is 39.8 Å². The highest BCUT2D eigenvalue weighted by Crippen LogP contribution is 2.38. The van der Waals surface area contributed by atoms with Crippen molar-refractivity contribution in [1.82, 2.24) is 0 Å². The van der Waals surface area contributed by atoms with E-state index in [-0.39, 0.29) is 5.91 Å². The molecule has 0 aromatic heterocycles.